The van der Waals surface area contributed by atoms with Crippen LogP contribution in [0.2, 0.25) is 0 Å². The molecule has 0 spiro atoms. The highest BCUT2D eigenvalue weighted by Crippen LogP contribution is 2.32. The predicted octanol–water partition coefficient (Wildman–Crippen LogP) is 2.34. The highest BCUT2D eigenvalue weighted by Gasteiger charge is 2.34. The van der Waals surface area contributed by atoms with Gasteiger partial charge in [-0.15, -0.1) is 0 Å². The molecule has 2 bridgehead atoms. The second-order valence-corrected chi connectivity index (χ2v) is 6.38. The summed E-state index contributed by atoms with van der Waals surface area (Å²) in [6.45, 7) is 4.36. The van der Waals surface area contributed by atoms with Crippen LogP contribution in [0, 0.1) is 11.8 Å². The molecule has 3 rings (SSSR count). The second kappa shape index (κ2) is 5.00. The first-order valence-corrected chi connectivity index (χ1v) is 7.26. The van der Waals surface area contributed by atoms with Crippen LogP contribution >= 0.6 is 0 Å². The molecule has 0 radical (unpaired) electrons. The highest BCUT2D eigenvalue weighted by atomic mass is 16.5. The molecule has 1 aromatic heterocycles. The Morgan fingerprint density at radius 3 is 2.67 bits per heavy atom. The van der Waals surface area contributed by atoms with Crippen molar-refractivity contribution in [3.8, 4) is 0 Å². The lowest BCUT2D eigenvalue weighted by molar-refractivity contribution is 0.270. The molecule has 100 valence electrons. The number of hydrogen-bond acceptors (Lipinski definition) is 4. The Balaban J connectivity index is 1.57. The monoisotopic (exact) mass is 249 g/mol. The van der Waals surface area contributed by atoms with E-state index in [1.165, 1.54) is 25.7 Å². The maximum absolute atomic E-state index is 5.38. The third kappa shape index (κ3) is 2.74. The number of rotatable bonds is 4. The van der Waals surface area contributed by atoms with E-state index in [0.717, 1.165) is 42.6 Å². The quantitative estimate of drug-likeness (QED) is 0.890. The first-order chi connectivity index (χ1) is 8.69. The van der Waals surface area contributed by atoms with Crippen molar-refractivity contribution in [2.75, 3.05) is 0 Å². The summed E-state index contributed by atoms with van der Waals surface area (Å²) < 4.78 is 5.38. The number of nitrogens with zero attached hydrogens (tertiary/aromatic N) is 2. The van der Waals surface area contributed by atoms with Gasteiger partial charge in [0.05, 0.1) is 0 Å². The summed E-state index contributed by atoms with van der Waals surface area (Å²) >= 11 is 0. The zero-order valence-electron chi connectivity index (χ0n) is 11.4. The first-order valence-electron chi connectivity index (χ1n) is 7.26. The lowest BCUT2D eigenvalue weighted by atomic mass is 9.90. The molecule has 3 heterocycles. The molecule has 2 saturated heterocycles. The minimum absolute atomic E-state index is 0.588. The van der Waals surface area contributed by atoms with Crippen molar-refractivity contribution in [1.29, 1.82) is 0 Å². The third-order valence-electron chi connectivity index (χ3n) is 4.13. The Hall–Kier alpha value is -0.900. The van der Waals surface area contributed by atoms with Crippen molar-refractivity contribution in [2.45, 2.75) is 64.5 Å². The summed E-state index contributed by atoms with van der Waals surface area (Å²) in [6, 6.07) is 1.48. The molecule has 4 heteroatoms. The van der Waals surface area contributed by atoms with Crippen LogP contribution in [0.4, 0.5) is 0 Å². The van der Waals surface area contributed by atoms with Gasteiger partial charge in [0.1, 0.15) is 0 Å². The second-order valence-electron chi connectivity index (χ2n) is 6.38. The van der Waals surface area contributed by atoms with Gasteiger partial charge in [0.15, 0.2) is 5.82 Å². The van der Waals surface area contributed by atoms with Crippen LogP contribution < -0.4 is 5.32 Å². The molecule has 0 aliphatic carbocycles. The Morgan fingerprint density at radius 2 is 2.00 bits per heavy atom. The summed E-state index contributed by atoms with van der Waals surface area (Å²) in [5, 5.41) is 7.74. The van der Waals surface area contributed by atoms with E-state index < -0.39 is 0 Å². The predicted molar refractivity (Wildman–Crippen MR) is 69.2 cm³/mol. The molecule has 0 aromatic carbocycles. The van der Waals surface area contributed by atoms with Crippen molar-refractivity contribution in [3.05, 3.63) is 11.7 Å². The Morgan fingerprint density at radius 1 is 1.28 bits per heavy atom. The van der Waals surface area contributed by atoms with Gasteiger partial charge in [-0.3, -0.25) is 0 Å². The van der Waals surface area contributed by atoms with Gasteiger partial charge in [-0.05, 0) is 37.5 Å². The van der Waals surface area contributed by atoms with Gasteiger partial charge in [-0.2, -0.15) is 4.98 Å². The largest absolute Gasteiger partial charge is 0.339 e. The zero-order valence-corrected chi connectivity index (χ0v) is 11.4. The molecular formula is C14H23N3O. The highest BCUT2D eigenvalue weighted by molar-refractivity contribution is 4.96. The molecule has 2 atom stereocenters. The molecule has 2 aliphatic heterocycles. The smallest absolute Gasteiger partial charge is 0.226 e. The number of nitrogens with one attached hydrogen (secondary N) is 1. The molecular weight excluding hydrogens is 226 g/mol. The van der Waals surface area contributed by atoms with Crippen molar-refractivity contribution in [3.63, 3.8) is 0 Å². The number of piperidine rings is 1. The maximum atomic E-state index is 5.38. The first kappa shape index (κ1) is 12.2. The van der Waals surface area contributed by atoms with E-state index in [1.54, 1.807) is 0 Å². The molecule has 0 saturated carbocycles. The van der Waals surface area contributed by atoms with E-state index in [0.29, 0.717) is 5.92 Å². The minimum atomic E-state index is 0.588. The molecule has 18 heavy (non-hydrogen) atoms. The van der Waals surface area contributed by atoms with Crippen LogP contribution in [-0.2, 0) is 12.8 Å². The van der Waals surface area contributed by atoms with Crippen LogP contribution in [0.5, 0.6) is 0 Å². The van der Waals surface area contributed by atoms with E-state index in [2.05, 4.69) is 29.3 Å². The average molecular weight is 249 g/mol. The third-order valence-corrected chi connectivity index (χ3v) is 4.13. The van der Waals surface area contributed by atoms with Crippen molar-refractivity contribution >= 4 is 0 Å². The van der Waals surface area contributed by atoms with Gasteiger partial charge in [-0.1, -0.05) is 19.0 Å². The SMILES string of the molecule is CC(C)Cc1noc(CC2CC3CCC(C2)N3)n1. The van der Waals surface area contributed by atoms with Gasteiger partial charge in [-0.25, -0.2) is 0 Å². The number of aromatic nitrogens is 2. The van der Waals surface area contributed by atoms with Crippen LogP contribution in [0.25, 0.3) is 0 Å². The Labute approximate surface area is 109 Å². The zero-order chi connectivity index (χ0) is 12.5. The van der Waals surface area contributed by atoms with Crippen LogP contribution in [0.1, 0.15) is 51.2 Å². The molecule has 0 amide bonds. The Bertz CT molecular complexity index is 389. The Kier molecular flexibility index (Phi) is 3.37. The molecule has 2 fully saturated rings. The van der Waals surface area contributed by atoms with Gasteiger partial charge in [0.2, 0.25) is 5.89 Å². The fourth-order valence-electron chi connectivity index (χ4n) is 3.41. The maximum Gasteiger partial charge on any atom is 0.226 e. The van der Waals surface area contributed by atoms with Crippen LogP contribution in [0.15, 0.2) is 4.52 Å². The molecule has 4 nitrogen and oxygen atoms in total. The van der Waals surface area contributed by atoms with Crippen molar-refractivity contribution < 1.29 is 4.52 Å². The van der Waals surface area contributed by atoms with E-state index >= 15 is 0 Å². The summed E-state index contributed by atoms with van der Waals surface area (Å²) in [5.74, 6) is 3.04. The fourth-order valence-corrected chi connectivity index (χ4v) is 3.41. The van der Waals surface area contributed by atoms with Gasteiger partial charge >= 0.3 is 0 Å². The van der Waals surface area contributed by atoms with E-state index in [1.807, 2.05) is 0 Å². The van der Waals surface area contributed by atoms with E-state index in [4.69, 9.17) is 4.52 Å². The van der Waals surface area contributed by atoms with Gasteiger partial charge < -0.3 is 9.84 Å². The van der Waals surface area contributed by atoms with Gasteiger partial charge in [0, 0.05) is 24.9 Å². The van der Waals surface area contributed by atoms with Crippen molar-refractivity contribution in [2.24, 2.45) is 11.8 Å². The summed E-state index contributed by atoms with van der Waals surface area (Å²) in [6.07, 6.45) is 7.14. The molecule has 1 aromatic rings. The van der Waals surface area contributed by atoms with E-state index in [-0.39, 0.29) is 0 Å². The number of hydrogen-bond donors (Lipinski definition) is 1. The lowest BCUT2D eigenvalue weighted by Crippen LogP contribution is -2.38. The van der Waals surface area contributed by atoms with Gasteiger partial charge in [0.25, 0.3) is 0 Å². The molecule has 1 N–H and O–H groups in total. The van der Waals surface area contributed by atoms with Crippen LogP contribution in [-0.4, -0.2) is 22.2 Å². The molecule has 2 aliphatic rings. The lowest BCUT2D eigenvalue weighted by Gasteiger charge is -2.28. The normalized spacial score (nSPS) is 31.2. The topological polar surface area (TPSA) is 51.0 Å². The fraction of sp³-hybridized carbons (Fsp3) is 0.857. The average Bonchev–Trinajstić information content (AvgIpc) is 2.85. The number of fused-ring (bicyclic) bond motifs is 2. The van der Waals surface area contributed by atoms with Crippen molar-refractivity contribution in [1.82, 2.24) is 15.5 Å². The summed E-state index contributed by atoms with van der Waals surface area (Å²) in [4.78, 5) is 4.52. The summed E-state index contributed by atoms with van der Waals surface area (Å²) in [7, 11) is 0. The summed E-state index contributed by atoms with van der Waals surface area (Å²) in [5.41, 5.74) is 0. The van der Waals surface area contributed by atoms with E-state index in [9.17, 15) is 0 Å². The minimum Gasteiger partial charge on any atom is -0.339 e. The standard InChI is InChI=1S/C14H23N3O/c1-9(2)5-13-16-14(18-17-13)8-10-6-11-3-4-12(7-10)15-11/h9-12,15H,3-8H2,1-2H3. The molecule has 2 unspecified atom stereocenters. The van der Waals surface area contributed by atoms with Crippen LogP contribution in [0.3, 0.4) is 0 Å².